The molecule has 0 aliphatic rings. The molecule has 0 N–H and O–H groups in total. The molecular formula is C47H42O15. The lowest BCUT2D eigenvalue weighted by Crippen LogP contribution is -2.13. The third kappa shape index (κ3) is 13.4. The molecule has 5 aromatic carbocycles. The molecule has 0 heterocycles. The second-order valence-electron chi connectivity index (χ2n) is 13.2. The molecule has 0 fully saturated rings. The van der Waals surface area contributed by atoms with Crippen molar-refractivity contribution >= 4 is 63.5 Å². The molecule has 15 nitrogen and oxygen atoms in total. The van der Waals surface area contributed by atoms with E-state index in [2.05, 4.69) is 13.2 Å². The normalized spacial score (nSPS) is 10.5. The second-order valence-corrected chi connectivity index (χ2v) is 13.2. The first kappa shape index (κ1) is 45.3. The van der Waals surface area contributed by atoms with Gasteiger partial charge in [0.15, 0.2) is 5.78 Å². The van der Waals surface area contributed by atoms with E-state index in [1.54, 1.807) is 61.5 Å². The number of carbonyl (C=O) groups is 7. The zero-order chi connectivity index (χ0) is 44.4. The van der Waals surface area contributed by atoms with Gasteiger partial charge in [0.1, 0.15) is 23.0 Å². The molecule has 0 unspecified atom stereocenters. The molecule has 0 atom stereocenters. The topological polar surface area (TPSA) is 193 Å². The fourth-order valence-electron chi connectivity index (χ4n) is 5.66. The van der Waals surface area contributed by atoms with Crippen molar-refractivity contribution in [2.24, 2.45) is 0 Å². The van der Waals surface area contributed by atoms with Gasteiger partial charge >= 0.3 is 36.2 Å². The zero-order valence-corrected chi connectivity index (χ0v) is 33.7. The Bertz CT molecular complexity index is 2500. The minimum absolute atomic E-state index is 0.0269. The van der Waals surface area contributed by atoms with Crippen LogP contribution in [0.5, 0.6) is 23.0 Å². The summed E-state index contributed by atoms with van der Waals surface area (Å²) < 4.78 is 41.7. The molecule has 0 radical (unpaired) electrons. The summed E-state index contributed by atoms with van der Waals surface area (Å²) >= 11 is 0. The van der Waals surface area contributed by atoms with E-state index < -0.39 is 36.2 Å². The molecule has 0 aromatic heterocycles. The lowest BCUT2D eigenvalue weighted by molar-refractivity contribution is -0.138. The molecule has 5 aromatic rings. The summed E-state index contributed by atoms with van der Waals surface area (Å²) in [6, 6.07) is 23.2. The number of fused-ring (bicyclic) bond motifs is 2. The van der Waals surface area contributed by atoms with E-state index in [1.807, 2.05) is 0 Å². The van der Waals surface area contributed by atoms with Crippen molar-refractivity contribution in [3.05, 3.63) is 133 Å². The summed E-state index contributed by atoms with van der Waals surface area (Å²) in [5.41, 5.74) is 0.424. The highest BCUT2D eigenvalue weighted by molar-refractivity contribution is 6.02. The number of ketones is 1. The summed E-state index contributed by atoms with van der Waals surface area (Å²) in [6.45, 7) is 8.76. The van der Waals surface area contributed by atoms with Crippen LogP contribution in [0.25, 0.3) is 21.5 Å². The highest BCUT2D eigenvalue weighted by atomic mass is 16.7. The minimum Gasteiger partial charge on any atom is -0.463 e. The Morgan fingerprint density at radius 3 is 1.34 bits per heavy atom. The molecule has 15 heteroatoms. The van der Waals surface area contributed by atoms with Crippen molar-refractivity contribution in [3.63, 3.8) is 0 Å². The molecule has 0 saturated carbocycles. The molecule has 0 aliphatic carbocycles. The number of ether oxygens (including phenoxy) is 8. The molecule has 62 heavy (non-hydrogen) atoms. The van der Waals surface area contributed by atoms with Crippen molar-refractivity contribution in [1.82, 2.24) is 0 Å². The van der Waals surface area contributed by atoms with Crippen LogP contribution in [0.2, 0.25) is 0 Å². The average molecular weight is 847 g/mol. The Hall–Kier alpha value is -7.81. The molecule has 0 amide bonds. The number of Topliss-reactive ketones (excluding diaryl/α,β-unsaturated/α-hetero) is 1. The summed E-state index contributed by atoms with van der Waals surface area (Å²) in [4.78, 5) is 85.9. The average Bonchev–Trinajstić information content (AvgIpc) is 3.28. The Morgan fingerprint density at radius 1 is 0.468 bits per heavy atom. The van der Waals surface area contributed by atoms with Gasteiger partial charge in [-0.05, 0) is 114 Å². The number of hydrogen-bond acceptors (Lipinski definition) is 15. The summed E-state index contributed by atoms with van der Waals surface area (Å²) in [5.74, 6) is -2.39. The predicted octanol–water partition coefficient (Wildman–Crippen LogP) is 9.07. The molecule has 0 spiro atoms. The van der Waals surface area contributed by atoms with Gasteiger partial charge in [-0.1, -0.05) is 44.3 Å². The highest BCUT2D eigenvalue weighted by Crippen LogP contribution is 2.29. The van der Waals surface area contributed by atoms with Crippen LogP contribution >= 0.6 is 0 Å². The number of carbonyl (C=O) groups excluding carboxylic acids is 7. The second kappa shape index (κ2) is 22.5. The fourth-order valence-corrected chi connectivity index (χ4v) is 5.66. The minimum atomic E-state index is -0.902. The first-order chi connectivity index (χ1) is 30.0. The first-order valence-corrected chi connectivity index (χ1v) is 19.4. The van der Waals surface area contributed by atoms with Crippen LogP contribution in [-0.4, -0.2) is 68.4 Å². The number of rotatable bonds is 20. The summed E-state index contributed by atoms with van der Waals surface area (Å²) in [6.07, 6.45) is 2.32. The summed E-state index contributed by atoms with van der Waals surface area (Å²) in [5, 5.41) is 2.60. The third-order valence-corrected chi connectivity index (χ3v) is 8.82. The van der Waals surface area contributed by atoms with Gasteiger partial charge in [0.05, 0.1) is 43.1 Å². The zero-order valence-electron chi connectivity index (χ0n) is 33.7. The van der Waals surface area contributed by atoms with E-state index in [4.69, 9.17) is 37.9 Å². The predicted molar refractivity (Wildman–Crippen MR) is 224 cm³/mol. The lowest BCUT2D eigenvalue weighted by Gasteiger charge is -2.12. The monoisotopic (exact) mass is 846 g/mol. The molecule has 5 rings (SSSR count). The maximum absolute atomic E-state index is 13.3. The van der Waals surface area contributed by atoms with E-state index in [0.717, 1.165) is 12.2 Å². The van der Waals surface area contributed by atoms with E-state index in [1.165, 1.54) is 36.4 Å². The standard InChI is InChI=1S/C47H42O15/c1-4-40(48)39-29-38(59-44(51)34-13-11-32-27-36(17-15-30(32)25-34)60-46(53)57-23-9-7-21-55-42(49)5-2)19-20-41(39)62-45(52)35-14-12-33-28-37(18-16-31(33)26-35)61-47(54)58-24-10-8-22-56-43(50)6-3/h5-6,11-20,25-29H,2-4,7-10,21-24H2,1H3. The number of hydrogen-bond donors (Lipinski definition) is 0. The van der Waals surface area contributed by atoms with Gasteiger partial charge in [-0.25, -0.2) is 28.8 Å². The lowest BCUT2D eigenvalue weighted by atomic mass is 10.1. The van der Waals surface area contributed by atoms with Crippen LogP contribution in [0.4, 0.5) is 9.59 Å². The van der Waals surface area contributed by atoms with Crippen molar-refractivity contribution in [2.75, 3.05) is 26.4 Å². The summed E-state index contributed by atoms with van der Waals surface area (Å²) in [7, 11) is 0. The van der Waals surface area contributed by atoms with Crippen LogP contribution in [0.3, 0.4) is 0 Å². The first-order valence-electron chi connectivity index (χ1n) is 19.4. The van der Waals surface area contributed by atoms with E-state index in [9.17, 15) is 33.6 Å². The fraction of sp³-hybridized carbons (Fsp3) is 0.213. The van der Waals surface area contributed by atoms with Gasteiger partial charge in [0, 0.05) is 18.6 Å². The van der Waals surface area contributed by atoms with Gasteiger partial charge in [-0.2, -0.15) is 0 Å². The van der Waals surface area contributed by atoms with Gasteiger partial charge in [-0.3, -0.25) is 4.79 Å². The van der Waals surface area contributed by atoms with E-state index in [-0.39, 0.29) is 78.3 Å². The molecule has 320 valence electrons. The van der Waals surface area contributed by atoms with Crippen molar-refractivity contribution < 1.29 is 71.5 Å². The smallest absolute Gasteiger partial charge is 0.463 e. The maximum atomic E-state index is 13.3. The van der Waals surface area contributed by atoms with Crippen molar-refractivity contribution in [3.8, 4) is 23.0 Å². The Labute approximate surface area is 355 Å². The Balaban J connectivity index is 1.15. The number of benzene rings is 5. The maximum Gasteiger partial charge on any atom is 0.513 e. The quantitative estimate of drug-likeness (QED) is 0.0137. The van der Waals surface area contributed by atoms with E-state index in [0.29, 0.717) is 47.2 Å². The SMILES string of the molecule is C=CC(=O)OCCCCOC(=O)Oc1ccc2cc(C(=O)Oc3ccc(OC(=O)c4ccc5cc(OC(=O)OCCCCOC(=O)C=C)ccc5c4)c(C(=O)CC)c3)ccc2c1. The van der Waals surface area contributed by atoms with E-state index >= 15 is 0 Å². The van der Waals surface area contributed by atoms with Crippen molar-refractivity contribution in [1.29, 1.82) is 0 Å². The molecular weight excluding hydrogens is 805 g/mol. The van der Waals surface area contributed by atoms with Crippen molar-refractivity contribution in [2.45, 2.75) is 39.0 Å². The van der Waals surface area contributed by atoms with Crippen LogP contribution < -0.4 is 18.9 Å². The third-order valence-electron chi connectivity index (χ3n) is 8.82. The Morgan fingerprint density at radius 2 is 0.871 bits per heavy atom. The van der Waals surface area contributed by atoms with Gasteiger partial charge < -0.3 is 37.9 Å². The molecule has 0 aliphatic heterocycles. The molecule has 0 bridgehead atoms. The largest absolute Gasteiger partial charge is 0.513 e. The molecule has 0 saturated heterocycles. The van der Waals surface area contributed by atoms with Crippen LogP contribution in [-0.2, 0) is 28.5 Å². The van der Waals surface area contributed by atoms with Gasteiger partial charge in [0.25, 0.3) is 0 Å². The van der Waals surface area contributed by atoms with Crippen LogP contribution in [0, 0.1) is 0 Å². The highest BCUT2D eigenvalue weighted by Gasteiger charge is 2.20. The van der Waals surface area contributed by atoms with Gasteiger partial charge in [0.2, 0.25) is 0 Å². The van der Waals surface area contributed by atoms with Crippen LogP contribution in [0.1, 0.15) is 70.1 Å². The number of esters is 4. The van der Waals surface area contributed by atoms with Gasteiger partial charge in [-0.15, -0.1) is 0 Å². The number of unbranched alkanes of at least 4 members (excludes halogenated alkanes) is 2. The van der Waals surface area contributed by atoms with Crippen LogP contribution in [0.15, 0.2) is 116 Å². The Kier molecular flexibility index (Phi) is 16.5.